The highest BCUT2D eigenvalue weighted by molar-refractivity contribution is 7.99. The predicted octanol–water partition coefficient (Wildman–Crippen LogP) is 2.10. The topological polar surface area (TPSA) is 35.5 Å². The summed E-state index contributed by atoms with van der Waals surface area (Å²) < 4.78 is 11.3. The molecule has 0 amide bonds. The molecule has 0 unspecified atom stereocenters. The Balaban J connectivity index is 1.96. The van der Waals surface area contributed by atoms with Gasteiger partial charge < -0.3 is 9.47 Å². The van der Waals surface area contributed by atoms with E-state index in [1.807, 2.05) is 6.26 Å². The maximum Gasteiger partial charge on any atom is 0.316 e. The van der Waals surface area contributed by atoms with Gasteiger partial charge in [0.05, 0.1) is 11.9 Å². The molecule has 0 spiro atoms. The maximum absolute atomic E-state index is 11.5. The molecule has 0 aromatic heterocycles. The van der Waals surface area contributed by atoms with Crippen molar-refractivity contribution in [3.63, 3.8) is 0 Å². The minimum atomic E-state index is -0.0883. The molecule has 0 aromatic rings. The van der Waals surface area contributed by atoms with Crippen molar-refractivity contribution < 1.29 is 14.3 Å². The van der Waals surface area contributed by atoms with Gasteiger partial charge in [0.2, 0.25) is 0 Å². The van der Waals surface area contributed by atoms with E-state index < -0.39 is 0 Å². The largest absolute Gasteiger partial charge is 0.461 e. The van der Waals surface area contributed by atoms with Gasteiger partial charge in [-0.25, -0.2) is 0 Å². The van der Waals surface area contributed by atoms with E-state index in [-0.39, 0.29) is 23.6 Å². The van der Waals surface area contributed by atoms with E-state index in [1.54, 1.807) is 0 Å². The molecule has 92 valence electrons. The number of ether oxygens (including phenoxy) is 2. The number of fused-ring (bicyclic) bond motifs is 1. The van der Waals surface area contributed by atoms with Crippen LogP contribution in [0.15, 0.2) is 0 Å². The second-order valence-corrected chi connectivity index (χ2v) is 6.13. The van der Waals surface area contributed by atoms with Crippen LogP contribution in [-0.4, -0.2) is 36.8 Å². The fraction of sp³-hybridized carbons (Fsp3) is 0.917. The number of esters is 1. The number of rotatable bonds is 3. The lowest BCUT2D eigenvalue weighted by molar-refractivity contribution is -0.253. The molecular formula is C12H20O3S. The van der Waals surface area contributed by atoms with Crippen molar-refractivity contribution in [3.05, 3.63) is 0 Å². The van der Waals surface area contributed by atoms with Crippen LogP contribution in [0.3, 0.4) is 0 Å². The van der Waals surface area contributed by atoms with Gasteiger partial charge in [0.25, 0.3) is 0 Å². The van der Waals surface area contributed by atoms with Crippen molar-refractivity contribution in [1.82, 2.24) is 0 Å². The Morgan fingerprint density at radius 2 is 2.31 bits per heavy atom. The number of carbonyl (C=O) groups is 1. The minimum absolute atomic E-state index is 0.0147. The average Bonchev–Trinajstić information content (AvgIpc) is 2.26. The van der Waals surface area contributed by atoms with E-state index in [2.05, 4.69) is 13.8 Å². The predicted molar refractivity (Wildman–Crippen MR) is 64.5 cm³/mol. The van der Waals surface area contributed by atoms with Crippen LogP contribution in [0, 0.1) is 11.3 Å². The van der Waals surface area contributed by atoms with Crippen molar-refractivity contribution in [2.75, 3.05) is 18.6 Å². The molecule has 2 aliphatic rings. The molecule has 0 bridgehead atoms. The molecule has 1 aliphatic heterocycles. The van der Waals surface area contributed by atoms with Crippen molar-refractivity contribution in [1.29, 1.82) is 0 Å². The third-order valence-corrected chi connectivity index (χ3v) is 4.27. The molecular weight excluding hydrogens is 224 g/mol. The second-order valence-electron chi connectivity index (χ2n) is 5.26. The van der Waals surface area contributed by atoms with Gasteiger partial charge in [0.15, 0.2) is 0 Å². The minimum Gasteiger partial charge on any atom is -0.461 e. The molecule has 4 heteroatoms. The second kappa shape index (κ2) is 4.57. The van der Waals surface area contributed by atoms with Crippen LogP contribution >= 0.6 is 11.8 Å². The standard InChI is InChI=1S/C12H20O3S/c1-12(2)10-8(5-4-6-14-10)11(12)15-9(13)7-16-3/h8,10-11H,4-7H2,1-3H3/t8-,10+,11+/m0/s1. The Hall–Kier alpha value is -0.220. The molecule has 1 saturated carbocycles. The Bertz CT molecular complexity index is 277. The van der Waals surface area contributed by atoms with Crippen molar-refractivity contribution >= 4 is 17.7 Å². The molecule has 0 N–H and O–H groups in total. The zero-order valence-electron chi connectivity index (χ0n) is 10.2. The third kappa shape index (κ3) is 1.97. The van der Waals surface area contributed by atoms with Crippen LogP contribution in [0.2, 0.25) is 0 Å². The molecule has 16 heavy (non-hydrogen) atoms. The lowest BCUT2D eigenvalue weighted by Crippen LogP contribution is -2.65. The summed E-state index contributed by atoms with van der Waals surface area (Å²) in [7, 11) is 0. The first-order valence-electron chi connectivity index (χ1n) is 5.87. The Morgan fingerprint density at radius 1 is 1.56 bits per heavy atom. The normalized spacial score (nSPS) is 36.1. The highest BCUT2D eigenvalue weighted by Gasteiger charge is 2.60. The number of hydrogen-bond donors (Lipinski definition) is 0. The van der Waals surface area contributed by atoms with Gasteiger partial charge in [-0.1, -0.05) is 13.8 Å². The molecule has 1 aliphatic carbocycles. The van der Waals surface area contributed by atoms with Crippen LogP contribution in [0.5, 0.6) is 0 Å². The van der Waals surface area contributed by atoms with Gasteiger partial charge in [0, 0.05) is 17.9 Å². The summed E-state index contributed by atoms with van der Waals surface area (Å²) >= 11 is 1.51. The van der Waals surface area contributed by atoms with Gasteiger partial charge in [-0.2, -0.15) is 11.8 Å². The molecule has 1 heterocycles. The number of thioether (sulfide) groups is 1. The fourth-order valence-electron chi connectivity index (χ4n) is 3.01. The number of carbonyl (C=O) groups excluding carboxylic acids is 1. The quantitative estimate of drug-likeness (QED) is 0.712. The SMILES string of the molecule is CSCC(=O)O[C@@H]1[C@H]2CCCO[C@H]2C1(C)C. The molecule has 3 nitrogen and oxygen atoms in total. The summed E-state index contributed by atoms with van der Waals surface area (Å²) in [5, 5.41) is 0. The van der Waals surface area contributed by atoms with Crippen molar-refractivity contribution in [2.45, 2.75) is 38.9 Å². The molecule has 3 atom stereocenters. The first-order valence-corrected chi connectivity index (χ1v) is 7.26. The lowest BCUT2D eigenvalue weighted by Gasteiger charge is -2.58. The summed E-state index contributed by atoms with van der Waals surface area (Å²) in [5.74, 6) is 0.786. The summed E-state index contributed by atoms with van der Waals surface area (Å²) in [6.07, 6.45) is 4.48. The summed E-state index contributed by atoms with van der Waals surface area (Å²) in [6.45, 7) is 5.13. The first-order chi connectivity index (χ1) is 7.57. The Kier molecular flexibility index (Phi) is 3.50. The van der Waals surface area contributed by atoms with E-state index in [0.29, 0.717) is 11.7 Å². The van der Waals surface area contributed by atoms with Crippen LogP contribution in [0.25, 0.3) is 0 Å². The molecule has 2 rings (SSSR count). The molecule has 1 saturated heterocycles. The van der Waals surface area contributed by atoms with Crippen LogP contribution in [0.4, 0.5) is 0 Å². The van der Waals surface area contributed by atoms with Gasteiger partial charge >= 0.3 is 5.97 Å². The van der Waals surface area contributed by atoms with E-state index in [0.717, 1.165) is 19.4 Å². The van der Waals surface area contributed by atoms with E-state index in [1.165, 1.54) is 11.8 Å². The summed E-state index contributed by atoms with van der Waals surface area (Å²) in [5.41, 5.74) is -0.0147. The van der Waals surface area contributed by atoms with E-state index in [9.17, 15) is 4.79 Å². The Labute approximate surface area is 101 Å². The average molecular weight is 244 g/mol. The summed E-state index contributed by atoms with van der Waals surface area (Å²) in [4.78, 5) is 11.5. The van der Waals surface area contributed by atoms with Gasteiger partial charge in [0.1, 0.15) is 6.10 Å². The number of hydrogen-bond acceptors (Lipinski definition) is 4. The highest BCUT2D eigenvalue weighted by Crippen LogP contribution is 2.52. The molecule has 0 aromatic carbocycles. The first kappa shape index (κ1) is 12.2. The molecule has 0 radical (unpaired) electrons. The van der Waals surface area contributed by atoms with Crippen LogP contribution in [0.1, 0.15) is 26.7 Å². The third-order valence-electron chi connectivity index (χ3n) is 3.74. The highest BCUT2D eigenvalue weighted by atomic mass is 32.2. The van der Waals surface area contributed by atoms with Gasteiger partial charge in [-0.3, -0.25) is 4.79 Å². The monoisotopic (exact) mass is 244 g/mol. The van der Waals surface area contributed by atoms with Crippen molar-refractivity contribution in [2.24, 2.45) is 11.3 Å². The molecule has 2 fully saturated rings. The van der Waals surface area contributed by atoms with Crippen LogP contribution < -0.4 is 0 Å². The smallest absolute Gasteiger partial charge is 0.316 e. The van der Waals surface area contributed by atoms with Gasteiger partial charge in [-0.15, -0.1) is 0 Å². The van der Waals surface area contributed by atoms with E-state index in [4.69, 9.17) is 9.47 Å². The lowest BCUT2D eigenvalue weighted by atomic mass is 9.57. The van der Waals surface area contributed by atoms with Crippen LogP contribution in [-0.2, 0) is 14.3 Å². The zero-order chi connectivity index (χ0) is 11.8. The maximum atomic E-state index is 11.5. The van der Waals surface area contributed by atoms with Gasteiger partial charge in [-0.05, 0) is 19.1 Å². The fourth-order valence-corrected chi connectivity index (χ4v) is 3.31. The summed E-state index contributed by atoms with van der Waals surface area (Å²) in [6, 6.07) is 0. The van der Waals surface area contributed by atoms with Crippen molar-refractivity contribution in [3.8, 4) is 0 Å². The van der Waals surface area contributed by atoms with E-state index >= 15 is 0 Å². The zero-order valence-corrected chi connectivity index (χ0v) is 11.0. The Morgan fingerprint density at radius 3 is 3.00 bits per heavy atom.